The van der Waals surface area contributed by atoms with Crippen molar-refractivity contribution in [2.24, 2.45) is 0 Å². The van der Waals surface area contributed by atoms with Crippen molar-refractivity contribution < 1.29 is 14.3 Å². The van der Waals surface area contributed by atoms with E-state index < -0.39 is 12.0 Å². The molecule has 112 valence electrons. The third-order valence-corrected chi connectivity index (χ3v) is 3.75. The number of carbonyl (C=O) groups excluding carboxylic acids is 2. The van der Waals surface area contributed by atoms with Gasteiger partial charge in [0.25, 0.3) is 0 Å². The van der Waals surface area contributed by atoms with Crippen molar-refractivity contribution in [3.8, 4) is 0 Å². The van der Waals surface area contributed by atoms with E-state index in [1.165, 1.54) is 4.90 Å². The van der Waals surface area contributed by atoms with E-state index in [0.717, 1.165) is 11.1 Å². The van der Waals surface area contributed by atoms with Crippen molar-refractivity contribution in [3.05, 3.63) is 46.7 Å². The van der Waals surface area contributed by atoms with Crippen LogP contribution in [0.3, 0.4) is 0 Å². The Morgan fingerprint density at radius 1 is 1.33 bits per heavy atom. The van der Waals surface area contributed by atoms with Gasteiger partial charge in [-0.05, 0) is 31.9 Å². The van der Waals surface area contributed by atoms with Crippen LogP contribution in [-0.4, -0.2) is 30.6 Å². The quantitative estimate of drug-likeness (QED) is 0.869. The van der Waals surface area contributed by atoms with Crippen molar-refractivity contribution in [1.82, 2.24) is 10.2 Å². The topological polar surface area (TPSA) is 58.6 Å². The number of rotatable bonds is 3. The molecule has 2 amide bonds. The van der Waals surface area contributed by atoms with Gasteiger partial charge in [0.15, 0.2) is 0 Å². The summed E-state index contributed by atoms with van der Waals surface area (Å²) in [6, 6.07) is 6.99. The molecule has 5 nitrogen and oxygen atoms in total. The van der Waals surface area contributed by atoms with Gasteiger partial charge in [0.1, 0.15) is 0 Å². The highest BCUT2D eigenvalue weighted by Gasteiger charge is 2.35. The molecule has 1 atom stereocenters. The molecule has 2 rings (SSSR count). The maximum atomic E-state index is 12.3. The van der Waals surface area contributed by atoms with E-state index >= 15 is 0 Å². The summed E-state index contributed by atoms with van der Waals surface area (Å²) in [5.74, 6) is -0.393. The zero-order valence-corrected chi connectivity index (χ0v) is 12.8. The van der Waals surface area contributed by atoms with Crippen LogP contribution in [0.1, 0.15) is 31.0 Å². The summed E-state index contributed by atoms with van der Waals surface area (Å²) < 4.78 is 5.15. The van der Waals surface area contributed by atoms with Crippen molar-refractivity contribution in [2.75, 3.05) is 13.7 Å². The van der Waals surface area contributed by atoms with Gasteiger partial charge in [-0.2, -0.15) is 0 Å². The van der Waals surface area contributed by atoms with Gasteiger partial charge in [0.05, 0.1) is 18.2 Å². The van der Waals surface area contributed by atoms with E-state index in [1.807, 2.05) is 31.2 Å². The molecule has 0 aliphatic carbocycles. The van der Waals surface area contributed by atoms with Crippen LogP contribution in [0.4, 0.5) is 4.79 Å². The fraction of sp³-hybridized carbons (Fsp3) is 0.375. The first-order valence-corrected chi connectivity index (χ1v) is 6.95. The summed E-state index contributed by atoms with van der Waals surface area (Å²) in [5, 5.41) is 2.87. The average molecular weight is 288 g/mol. The number of esters is 1. The standard InChI is InChI=1S/C16H20N2O3/c1-5-21-15(19)13-11(3)18(4)16(20)17-14(13)12-9-7-6-8-10(12)2/h6-9,14H,5H2,1-4H3,(H,17,20)/t14-/m0/s1. The summed E-state index contributed by atoms with van der Waals surface area (Å²) >= 11 is 0. The Kier molecular flexibility index (Phi) is 4.31. The molecular weight excluding hydrogens is 268 g/mol. The van der Waals surface area contributed by atoms with Crippen LogP contribution in [0.2, 0.25) is 0 Å². The van der Waals surface area contributed by atoms with E-state index in [4.69, 9.17) is 4.74 Å². The molecule has 21 heavy (non-hydrogen) atoms. The average Bonchev–Trinajstić information content (AvgIpc) is 2.45. The molecule has 1 aromatic rings. The molecule has 0 radical (unpaired) electrons. The monoisotopic (exact) mass is 288 g/mol. The molecule has 5 heteroatoms. The number of ether oxygens (including phenoxy) is 1. The Hall–Kier alpha value is -2.30. The van der Waals surface area contributed by atoms with E-state index in [1.54, 1.807) is 20.9 Å². The first-order chi connectivity index (χ1) is 9.97. The summed E-state index contributed by atoms with van der Waals surface area (Å²) in [6.07, 6.45) is 0. The predicted octanol–water partition coefficient (Wildman–Crippen LogP) is 2.53. The predicted molar refractivity (Wildman–Crippen MR) is 79.5 cm³/mol. The number of nitrogens with one attached hydrogen (secondary N) is 1. The van der Waals surface area contributed by atoms with Gasteiger partial charge in [-0.1, -0.05) is 24.3 Å². The Morgan fingerprint density at radius 2 is 2.00 bits per heavy atom. The van der Waals surface area contributed by atoms with Crippen LogP contribution in [0, 0.1) is 6.92 Å². The third kappa shape index (κ3) is 2.77. The van der Waals surface area contributed by atoms with Crippen molar-refractivity contribution in [3.63, 3.8) is 0 Å². The normalized spacial score (nSPS) is 18.6. The maximum absolute atomic E-state index is 12.3. The Morgan fingerprint density at radius 3 is 2.62 bits per heavy atom. The number of aryl methyl sites for hydroxylation is 1. The largest absolute Gasteiger partial charge is 0.463 e. The number of benzene rings is 1. The number of urea groups is 1. The van der Waals surface area contributed by atoms with Gasteiger partial charge >= 0.3 is 12.0 Å². The molecule has 0 saturated carbocycles. The molecule has 0 fully saturated rings. The minimum atomic E-state index is -0.478. The summed E-state index contributed by atoms with van der Waals surface area (Å²) in [7, 11) is 1.64. The van der Waals surface area contributed by atoms with Crippen molar-refractivity contribution in [1.29, 1.82) is 0 Å². The lowest BCUT2D eigenvalue weighted by atomic mass is 9.92. The number of nitrogens with zero attached hydrogens (tertiary/aromatic N) is 1. The molecule has 1 N–H and O–H groups in total. The molecule has 1 aliphatic heterocycles. The minimum Gasteiger partial charge on any atom is -0.463 e. The molecule has 0 aromatic heterocycles. The minimum absolute atomic E-state index is 0.228. The highest BCUT2D eigenvalue weighted by Crippen LogP contribution is 2.32. The van der Waals surface area contributed by atoms with Gasteiger partial charge in [-0.3, -0.25) is 0 Å². The Bertz CT molecular complexity index is 607. The van der Waals surface area contributed by atoms with Crippen LogP contribution < -0.4 is 5.32 Å². The van der Waals surface area contributed by atoms with Gasteiger partial charge in [0.2, 0.25) is 0 Å². The van der Waals surface area contributed by atoms with Gasteiger partial charge in [-0.25, -0.2) is 9.59 Å². The Balaban J connectivity index is 2.54. The second-order valence-corrected chi connectivity index (χ2v) is 5.02. The van der Waals surface area contributed by atoms with E-state index in [9.17, 15) is 9.59 Å². The number of hydrogen-bond donors (Lipinski definition) is 1. The van der Waals surface area contributed by atoms with Crippen LogP contribution >= 0.6 is 0 Å². The number of carbonyl (C=O) groups is 2. The molecular formula is C16H20N2O3. The lowest BCUT2D eigenvalue weighted by Crippen LogP contribution is -2.46. The number of hydrogen-bond acceptors (Lipinski definition) is 3. The summed E-state index contributed by atoms with van der Waals surface area (Å²) in [6.45, 7) is 5.78. The molecule has 1 heterocycles. The third-order valence-electron chi connectivity index (χ3n) is 3.75. The first kappa shape index (κ1) is 15.1. The molecule has 0 bridgehead atoms. The molecule has 1 aromatic carbocycles. The molecule has 0 saturated heterocycles. The van der Waals surface area contributed by atoms with Crippen LogP contribution in [0.5, 0.6) is 0 Å². The molecule has 0 unspecified atom stereocenters. The fourth-order valence-corrected chi connectivity index (χ4v) is 2.45. The summed E-state index contributed by atoms with van der Waals surface area (Å²) in [4.78, 5) is 25.8. The molecule has 1 aliphatic rings. The van der Waals surface area contributed by atoms with E-state index in [2.05, 4.69) is 5.32 Å². The maximum Gasteiger partial charge on any atom is 0.338 e. The van der Waals surface area contributed by atoms with E-state index in [0.29, 0.717) is 17.9 Å². The Labute approximate surface area is 124 Å². The second kappa shape index (κ2) is 5.99. The summed E-state index contributed by atoms with van der Waals surface area (Å²) in [5.41, 5.74) is 3.02. The highest BCUT2D eigenvalue weighted by atomic mass is 16.5. The van der Waals surface area contributed by atoms with Crippen molar-refractivity contribution in [2.45, 2.75) is 26.8 Å². The second-order valence-electron chi connectivity index (χ2n) is 5.02. The number of amides is 2. The van der Waals surface area contributed by atoms with Crippen LogP contribution in [0.15, 0.2) is 35.5 Å². The zero-order chi connectivity index (χ0) is 15.6. The highest BCUT2D eigenvalue weighted by molar-refractivity contribution is 5.95. The van der Waals surface area contributed by atoms with Crippen LogP contribution in [0.25, 0.3) is 0 Å². The lowest BCUT2D eigenvalue weighted by Gasteiger charge is -2.33. The van der Waals surface area contributed by atoms with Gasteiger partial charge < -0.3 is 15.0 Å². The lowest BCUT2D eigenvalue weighted by molar-refractivity contribution is -0.139. The SMILES string of the molecule is CCOC(=O)C1=C(C)N(C)C(=O)N[C@H]1c1ccccc1C. The zero-order valence-electron chi connectivity index (χ0n) is 12.8. The van der Waals surface area contributed by atoms with Gasteiger partial charge in [-0.15, -0.1) is 0 Å². The van der Waals surface area contributed by atoms with E-state index in [-0.39, 0.29) is 6.03 Å². The molecule has 0 spiro atoms. The van der Waals surface area contributed by atoms with Crippen LogP contribution in [-0.2, 0) is 9.53 Å². The van der Waals surface area contributed by atoms with Gasteiger partial charge in [0, 0.05) is 12.7 Å². The number of allylic oxidation sites excluding steroid dienone is 1. The first-order valence-electron chi connectivity index (χ1n) is 6.95. The fourth-order valence-electron chi connectivity index (χ4n) is 2.45. The van der Waals surface area contributed by atoms with Crippen molar-refractivity contribution >= 4 is 12.0 Å². The smallest absolute Gasteiger partial charge is 0.338 e.